The summed E-state index contributed by atoms with van der Waals surface area (Å²) in [6, 6.07) is 0. The lowest BCUT2D eigenvalue weighted by Crippen LogP contribution is -2.40. The molecule has 2 aliphatic carbocycles. The number of hydrogen-bond donors (Lipinski definition) is 2. The van der Waals surface area contributed by atoms with Crippen molar-refractivity contribution in [2.24, 2.45) is 0 Å². The molecule has 0 aromatic rings. The number of hydrogen-bond acceptors (Lipinski definition) is 3. The molecule has 0 amide bonds. The molecule has 0 atom stereocenters. The SMILES string of the molecule is CC(OC1CCCCC1)(OC1CCCCC1)P(=O)(O)O. The Morgan fingerprint density at radius 2 is 1.20 bits per heavy atom. The van der Waals surface area contributed by atoms with E-state index in [-0.39, 0.29) is 12.2 Å². The summed E-state index contributed by atoms with van der Waals surface area (Å²) in [5.74, 6) is 0. The molecule has 0 radical (unpaired) electrons. The van der Waals surface area contributed by atoms with Gasteiger partial charge in [0, 0.05) is 6.92 Å². The lowest BCUT2D eigenvalue weighted by Gasteiger charge is -2.38. The average molecular weight is 306 g/mol. The molecule has 2 saturated carbocycles. The van der Waals surface area contributed by atoms with Crippen LogP contribution in [0.3, 0.4) is 0 Å². The van der Waals surface area contributed by atoms with Gasteiger partial charge in [-0.15, -0.1) is 0 Å². The van der Waals surface area contributed by atoms with E-state index in [9.17, 15) is 14.4 Å². The van der Waals surface area contributed by atoms with Crippen LogP contribution in [0.25, 0.3) is 0 Å². The summed E-state index contributed by atoms with van der Waals surface area (Å²) in [5.41, 5.74) is -1.78. The van der Waals surface area contributed by atoms with Crippen molar-refractivity contribution < 1.29 is 23.8 Å². The van der Waals surface area contributed by atoms with Crippen molar-refractivity contribution in [1.29, 1.82) is 0 Å². The average Bonchev–Trinajstić information content (AvgIpc) is 2.39. The van der Waals surface area contributed by atoms with Gasteiger partial charge >= 0.3 is 7.60 Å². The molecule has 6 heteroatoms. The molecule has 0 aliphatic heterocycles. The van der Waals surface area contributed by atoms with E-state index >= 15 is 0 Å². The minimum Gasteiger partial charge on any atom is -0.337 e. The van der Waals surface area contributed by atoms with Gasteiger partial charge in [-0.25, -0.2) is 0 Å². The Labute approximate surface area is 121 Å². The molecule has 20 heavy (non-hydrogen) atoms. The first-order valence-electron chi connectivity index (χ1n) is 7.82. The van der Waals surface area contributed by atoms with Gasteiger partial charge in [0.1, 0.15) is 0 Å². The van der Waals surface area contributed by atoms with Crippen LogP contribution in [0.15, 0.2) is 0 Å². The summed E-state index contributed by atoms with van der Waals surface area (Å²) in [6.07, 6.45) is 9.87. The van der Waals surface area contributed by atoms with Crippen LogP contribution in [0.4, 0.5) is 0 Å². The molecule has 0 aromatic carbocycles. The summed E-state index contributed by atoms with van der Waals surface area (Å²) in [7, 11) is -4.47. The zero-order valence-electron chi connectivity index (χ0n) is 12.3. The van der Waals surface area contributed by atoms with Gasteiger partial charge < -0.3 is 19.3 Å². The first-order valence-corrected chi connectivity index (χ1v) is 9.43. The fourth-order valence-corrected chi connectivity index (χ4v) is 3.72. The molecule has 0 spiro atoms. The maximum Gasteiger partial charge on any atom is 0.384 e. The van der Waals surface area contributed by atoms with E-state index in [0.29, 0.717) is 0 Å². The fraction of sp³-hybridized carbons (Fsp3) is 1.00. The van der Waals surface area contributed by atoms with Crippen molar-refractivity contribution in [2.45, 2.75) is 88.9 Å². The number of ether oxygens (including phenoxy) is 2. The zero-order valence-corrected chi connectivity index (χ0v) is 13.2. The standard InChI is InChI=1S/C14H27O5P/c1-14(20(15,16)17,18-12-8-4-2-5-9-12)19-13-10-6-3-7-11-13/h12-13H,2-11H2,1H3,(H2,15,16,17). The summed E-state index contributed by atoms with van der Waals surface area (Å²) >= 11 is 0. The Morgan fingerprint density at radius 1 is 0.850 bits per heavy atom. The third-order valence-electron chi connectivity index (χ3n) is 4.40. The van der Waals surface area contributed by atoms with Crippen molar-refractivity contribution in [1.82, 2.24) is 0 Å². The van der Waals surface area contributed by atoms with Crippen molar-refractivity contribution >= 4 is 7.60 Å². The third kappa shape index (κ3) is 4.28. The molecule has 5 nitrogen and oxygen atoms in total. The third-order valence-corrected chi connectivity index (χ3v) is 5.67. The highest BCUT2D eigenvalue weighted by atomic mass is 31.2. The van der Waals surface area contributed by atoms with Crippen molar-refractivity contribution in [2.75, 3.05) is 0 Å². The van der Waals surface area contributed by atoms with Gasteiger partial charge in [-0.1, -0.05) is 38.5 Å². The highest BCUT2D eigenvalue weighted by Gasteiger charge is 2.48. The first-order chi connectivity index (χ1) is 9.41. The van der Waals surface area contributed by atoms with Gasteiger partial charge in [0.15, 0.2) is 0 Å². The lowest BCUT2D eigenvalue weighted by atomic mass is 9.97. The van der Waals surface area contributed by atoms with Crippen LogP contribution in [0.1, 0.15) is 71.1 Å². The molecule has 2 N–H and O–H groups in total. The van der Waals surface area contributed by atoms with E-state index in [4.69, 9.17) is 9.47 Å². The molecule has 0 unspecified atom stereocenters. The highest BCUT2D eigenvalue weighted by molar-refractivity contribution is 7.53. The van der Waals surface area contributed by atoms with E-state index in [1.807, 2.05) is 0 Å². The molecule has 0 bridgehead atoms. The Hall–Kier alpha value is 0.0700. The Kier molecular flexibility index (Phi) is 5.66. The fourth-order valence-electron chi connectivity index (χ4n) is 3.15. The molecule has 118 valence electrons. The van der Waals surface area contributed by atoms with Gasteiger partial charge in [0.25, 0.3) is 5.53 Å². The molecule has 0 saturated heterocycles. The summed E-state index contributed by atoms with van der Waals surface area (Å²) in [4.78, 5) is 19.3. The second kappa shape index (κ2) is 6.89. The maximum absolute atomic E-state index is 11.8. The maximum atomic E-state index is 11.8. The van der Waals surface area contributed by atoms with Crippen molar-refractivity contribution in [3.05, 3.63) is 0 Å². The van der Waals surface area contributed by atoms with Gasteiger partial charge in [0.05, 0.1) is 12.2 Å². The zero-order chi connectivity index (χ0) is 14.6. The molecule has 0 aromatic heterocycles. The predicted octanol–water partition coefficient (Wildman–Crippen LogP) is 3.54. The smallest absolute Gasteiger partial charge is 0.337 e. The largest absolute Gasteiger partial charge is 0.384 e. The van der Waals surface area contributed by atoms with Crippen LogP contribution >= 0.6 is 7.60 Å². The molecular formula is C14H27O5P. The summed E-state index contributed by atoms with van der Waals surface area (Å²) in [5, 5.41) is 0. The summed E-state index contributed by atoms with van der Waals surface area (Å²) < 4.78 is 23.4. The first kappa shape index (κ1) is 16.4. The van der Waals surface area contributed by atoms with E-state index in [1.165, 1.54) is 19.8 Å². The van der Waals surface area contributed by atoms with E-state index < -0.39 is 13.1 Å². The molecule has 0 heterocycles. The van der Waals surface area contributed by atoms with E-state index in [1.54, 1.807) is 0 Å². The van der Waals surface area contributed by atoms with E-state index in [2.05, 4.69) is 0 Å². The Bertz CT molecular complexity index is 321. The minimum absolute atomic E-state index is 0.0926. The van der Waals surface area contributed by atoms with E-state index in [0.717, 1.165) is 51.4 Å². The second-order valence-electron chi connectivity index (χ2n) is 6.20. The van der Waals surface area contributed by atoms with Crippen LogP contribution in [-0.2, 0) is 14.0 Å². The normalized spacial score (nSPS) is 23.9. The predicted molar refractivity (Wildman–Crippen MR) is 76.4 cm³/mol. The minimum atomic E-state index is -4.47. The molecular weight excluding hydrogens is 279 g/mol. The van der Waals surface area contributed by atoms with Crippen LogP contribution in [0.5, 0.6) is 0 Å². The van der Waals surface area contributed by atoms with Crippen LogP contribution in [0.2, 0.25) is 0 Å². The molecule has 2 rings (SSSR count). The topological polar surface area (TPSA) is 76.0 Å². The van der Waals surface area contributed by atoms with Crippen LogP contribution in [-0.4, -0.2) is 27.5 Å². The van der Waals surface area contributed by atoms with Gasteiger partial charge in [-0.2, -0.15) is 0 Å². The van der Waals surface area contributed by atoms with Gasteiger partial charge in [-0.3, -0.25) is 4.57 Å². The summed E-state index contributed by atoms with van der Waals surface area (Å²) in [6.45, 7) is 1.41. The second-order valence-corrected chi connectivity index (χ2v) is 8.10. The Morgan fingerprint density at radius 3 is 1.50 bits per heavy atom. The molecule has 2 fully saturated rings. The van der Waals surface area contributed by atoms with Gasteiger partial charge in [0.2, 0.25) is 0 Å². The van der Waals surface area contributed by atoms with Crippen LogP contribution < -0.4 is 0 Å². The highest BCUT2D eigenvalue weighted by Crippen LogP contribution is 2.54. The van der Waals surface area contributed by atoms with Crippen LogP contribution in [0, 0.1) is 0 Å². The number of rotatable bonds is 5. The quantitative estimate of drug-likeness (QED) is 0.600. The monoisotopic (exact) mass is 306 g/mol. The van der Waals surface area contributed by atoms with Crippen molar-refractivity contribution in [3.8, 4) is 0 Å². The van der Waals surface area contributed by atoms with Crippen molar-refractivity contribution in [3.63, 3.8) is 0 Å². The molecule has 2 aliphatic rings. The van der Waals surface area contributed by atoms with Gasteiger partial charge in [-0.05, 0) is 25.7 Å². The lowest BCUT2D eigenvalue weighted by molar-refractivity contribution is -0.234. The Balaban J connectivity index is 2.01.